The second-order valence-corrected chi connectivity index (χ2v) is 4.77. The maximum Gasteiger partial charge on any atom is 0.150 e. The van der Waals surface area contributed by atoms with Crippen LogP contribution in [-0.2, 0) is 0 Å². The highest BCUT2D eigenvalue weighted by molar-refractivity contribution is 6.42. The summed E-state index contributed by atoms with van der Waals surface area (Å²) in [6.45, 7) is 1.19. The van der Waals surface area contributed by atoms with Crippen molar-refractivity contribution < 1.29 is 10.2 Å². The van der Waals surface area contributed by atoms with Crippen molar-refractivity contribution in [2.45, 2.75) is 12.5 Å². The Morgan fingerprint density at radius 2 is 2.00 bits per heavy atom. The van der Waals surface area contributed by atoms with Crippen molar-refractivity contribution in [3.8, 4) is 0 Å². The third-order valence-corrected chi connectivity index (χ3v) is 2.83. The van der Waals surface area contributed by atoms with Gasteiger partial charge in [0.1, 0.15) is 16.6 Å². The van der Waals surface area contributed by atoms with Gasteiger partial charge in [-0.2, -0.15) is 0 Å². The third kappa shape index (κ3) is 3.64. The Balaban J connectivity index is 2.79. The summed E-state index contributed by atoms with van der Waals surface area (Å²) < 4.78 is 0. The van der Waals surface area contributed by atoms with E-state index in [9.17, 15) is 5.11 Å². The standard InChI is InChI=1S/C9H11Cl3N2O2/c1-9(16,4-15)3-13-8-6(11)2-5(10)7(12)14-8/h2,15-16H,3-4H2,1H3,(H,13,14). The molecule has 0 saturated carbocycles. The molecule has 0 spiro atoms. The molecule has 1 aromatic rings. The fraction of sp³-hybridized carbons (Fsp3) is 0.444. The summed E-state index contributed by atoms with van der Waals surface area (Å²) >= 11 is 17.3. The Morgan fingerprint density at radius 1 is 1.38 bits per heavy atom. The van der Waals surface area contributed by atoms with Crippen molar-refractivity contribution in [3.63, 3.8) is 0 Å². The molecule has 0 aromatic carbocycles. The molecule has 1 unspecified atom stereocenters. The van der Waals surface area contributed by atoms with Crippen molar-refractivity contribution in [1.82, 2.24) is 4.98 Å². The predicted molar refractivity (Wildman–Crippen MR) is 65.5 cm³/mol. The van der Waals surface area contributed by atoms with E-state index in [1.165, 1.54) is 13.0 Å². The number of pyridine rings is 1. The monoisotopic (exact) mass is 284 g/mol. The molecule has 1 heterocycles. The second-order valence-electron chi connectivity index (χ2n) is 3.60. The molecule has 1 atom stereocenters. The molecule has 7 heteroatoms. The number of nitrogens with zero attached hydrogens (tertiary/aromatic N) is 1. The van der Waals surface area contributed by atoms with E-state index in [2.05, 4.69) is 10.3 Å². The lowest BCUT2D eigenvalue weighted by Crippen LogP contribution is -2.37. The van der Waals surface area contributed by atoms with Gasteiger partial charge in [0.05, 0.1) is 16.7 Å². The largest absolute Gasteiger partial charge is 0.393 e. The third-order valence-electron chi connectivity index (χ3n) is 1.86. The summed E-state index contributed by atoms with van der Waals surface area (Å²) in [6.07, 6.45) is 0. The van der Waals surface area contributed by atoms with Gasteiger partial charge < -0.3 is 15.5 Å². The summed E-state index contributed by atoms with van der Waals surface area (Å²) in [5.74, 6) is 0.310. The number of anilines is 1. The zero-order valence-corrected chi connectivity index (χ0v) is 10.7. The fourth-order valence-corrected chi connectivity index (χ4v) is 1.46. The first kappa shape index (κ1) is 13.8. The van der Waals surface area contributed by atoms with E-state index in [0.29, 0.717) is 10.8 Å². The van der Waals surface area contributed by atoms with Crippen LogP contribution in [0.5, 0.6) is 0 Å². The zero-order valence-electron chi connectivity index (χ0n) is 8.47. The molecule has 0 amide bonds. The number of rotatable bonds is 4. The molecule has 4 nitrogen and oxygen atoms in total. The molecule has 3 N–H and O–H groups in total. The van der Waals surface area contributed by atoms with Crippen LogP contribution in [0.2, 0.25) is 15.2 Å². The van der Waals surface area contributed by atoms with Crippen molar-refractivity contribution >= 4 is 40.6 Å². The number of halogens is 3. The molecule has 0 aliphatic rings. The Hall–Kier alpha value is -0.260. The number of aliphatic hydroxyl groups is 2. The van der Waals surface area contributed by atoms with Gasteiger partial charge in [-0.15, -0.1) is 0 Å². The fourth-order valence-electron chi connectivity index (χ4n) is 0.898. The highest BCUT2D eigenvalue weighted by Crippen LogP contribution is 2.28. The normalized spacial score (nSPS) is 14.6. The molecule has 1 aromatic heterocycles. The van der Waals surface area contributed by atoms with E-state index in [-0.39, 0.29) is 23.3 Å². The van der Waals surface area contributed by atoms with Crippen LogP contribution in [0.25, 0.3) is 0 Å². The van der Waals surface area contributed by atoms with Crippen molar-refractivity contribution in [1.29, 1.82) is 0 Å². The Bertz CT molecular complexity index is 385. The molecule has 0 saturated heterocycles. The lowest BCUT2D eigenvalue weighted by Gasteiger charge is -2.21. The maximum atomic E-state index is 9.56. The minimum absolute atomic E-state index is 0.0914. The highest BCUT2D eigenvalue weighted by Gasteiger charge is 2.19. The number of aliphatic hydroxyl groups excluding tert-OH is 1. The molecule has 0 aliphatic carbocycles. The van der Waals surface area contributed by atoms with E-state index in [1.54, 1.807) is 0 Å². The summed E-state index contributed by atoms with van der Waals surface area (Å²) in [6, 6.07) is 1.45. The smallest absolute Gasteiger partial charge is 0.150 e. The van der Waals surface area contributed by atoms with Gasteiger partial charge in [0.2, 0.25) is 0 Å². The number of aromatic nitrogens is 1. The highest BCUT2D eigenvalue weighted by atomic mass is 35.5. The summed E-state index contributed by atoms with van der Waals surface area (Å²) in [7, 11) is 0. The van der Waals surface area contributed by atoms with Crippen LogP contribution in [0, 0.1) is 0 Å². The Kier molecular flexibility index (Phi) is 4.64. The van der Waals surface area contributed by atoms with Crippen molar-refractivity contribution in [2.24, 2.45) is 0 Å². The van der Waals surface area contributed by atoms with Crippen LogP contribution in [0.1, 0.15) is 6.92 Å². The van der Waals surface area contributed by atoms with Crippen LogP contribution >= 0.6 is 34.8 Å². The van der Waals surface area contributed by atoms with Crippen molar-refractivity contribution in [2.75, 3.05) is 18.5 Å². The van der Waals surface area contributed by atoms with Crippen molar-refractivity contribution in [3.05, 3.63) is 21.3 Å². The van der Waals surface area contributed by atoms with Gasteiger partial charge >= 0.3 is 0 Å². The summed E-state index contributed by atoms with van der Waals surface area (Å²) in [5, 5.41) is 21.9. The molecule has 16 heavy (non-hydrogen) atoms. The van der Waals surface area contributed by atoms with Gasteiger partial charge in [-0.25, -0.2) is 4.98 Å². The lowest BCUT2D eigenvalue weighted by molar-refractivity contribution is 0.0132. The summed E-state index contributed by atoms with van der Waals surface area (Å²) in [4.78, 5) is 3.91. The average Bonchev–Trinajstić information content (AvgIpc) is 2.22. The van der Waals surface area contributed by atoms with Gasteiger partial charge in [-0.05, 0) is 13.0 Å². The number of nitrogens with one attached hydrogen (secondary N) is 1. The molecule has 1 rings (SSSR count). The number of hydrogen-bond acceptors (Lipinski definition) is 4. The van der Waals surface area contributed by atoms with E-state index in [4.69, 9.17) is 39.9 Å². The topological polar surface area (TPSA) is 65.4 Å². The molecule has 0 aliphatic heterocycles. The quantitative estimate of drug-likeness (QED) is 0.742. The van der Waals surface area contributed by atoms with E-state index >= 15 is 0 Å². The minimum atomic E-state index is -1.25. The van der Waals surface area contributed by atoms with Crippen LogP contribution in [0.4, 0.5) is 5.82 Å². The Morgan fingerprint density at radius 3 is 2.56 bits per heavy atom. The molecule has 0 radical (unpaired) electrons. The zero-order chi connectivity index (χ0) is 12.3. The SMILES string of the molecule is CC(O)(CO)CNc1nc(Cl)c(Cl)cc1Cl. The summed E-state index contributed by atoms with van der Waals surface area (Å²) in [5.41, 5.74) is -1.25. The second kappa shape index (κ2) is 5.38. The van der Waals surface area contributed by atoms with Gasteiger partial charge in [-0.3, -0.25) is 0 Å². The molecule has 90 valence electrons. The number of hydrogen-bond donors (Lipinski definition) is 3. The van der Waals surface area contributed by atoms with Crippen LogP contribution in [-0.4, -0.2) is 33.9 Å². The first-order chi connectivity index (χ1) is 7.35. The van der Waals surface area contributed by atoms with E-state index in [0.717, 1.165) is 0 Å². The predicted octanol–water partition coefficient (Wildman–Crippen LogP) is 2.20. The van der Waals surface area contributed by atoms with E-state index < -0.39 is 5.60 Å². The van der Waals surface area contributed by atoms with Gasteiger partial charge in [0.15, 0.2) is 0 Å². The van der Waals surface area contributed by atoms with Gasteiger partial charge in [-0.1, -0.05) is 34.8 Å². The van der Waals surface area contributed by atoms with Gasteiger partial charge in [0, 0.05) is 6.54 Å². The van der Waals surface area contributed by atoms with Crippen LogP contribution < -0.4 is 5.32 Å². The lowest BCUT2D eigenvalue weighted by atomic mass is 10.1. The van der Waals surface area contributed by atoms with Gasteiger partial charge in [0.25, 0.3) is 0 Å². The molecule has 0 bridgehead atoms. The average molecular weight is 286 g/mol. The first-order valence-corrected chi connectivity index (χ1v) is 5.58. The van der Waals surface area contributed by atoms with Crippen LogP contribution in [0.3, 0.4) is 0 Å². The Labute approximate surface area is 108 Å². The van der Waals surface area contributed by atoms with E-state index in [1.807, 2.05) is 0 Å². The minimum Gasteiger partial charge on any atom is -0.393 e. The maximum absolute atomic E-state index is 9.56. The molecule has 0 fully saturated rings. The molecular weight excluding hydrogens is 274 g/mol. The van der Waals surface area contributed by atoms with Crippen LogP contribution in [0.15, 0.2) is 6.07 Å². The first-order valence-electron chi connectivity index (χ1n) is 4.44. The molecular formula is C9H11Cl3N2O2.